The average molecular weight is 216 g/mol. The molecule has 0 saturated heterocycles. The topological polar surface area (TPSA) is 3.24 Å². The predicted molar refractivity (Wildman–Crippen MR) is 68.5 cm³/mol. The highest BCUT2D eigenvalue weighted by Gasteiger charge is 2.26. The maximum atomic E-state index is 3.22. The second kappa shape index (κ2) is 5.49. The molecule has 16 heavy (non-hydrogen) atoms. The van der Waals surface area contributed by atoms with Crippen LogP contribution in [0.2, 0.25) is 0 Å². The van der Waals surface area contributed by atoms with Crippen LogP contribution in [-0.4, -0.2) is 25.5 Å². The summed E-state index contributed by atoms with van der Waals surface area (Å²) < 4.78 is 0. The lowest BCUT2D eigenvalue weighted by molar-refractivity contribution is 0.233. The zero-order valence-corrected chi connectivity index (χ0v) is 10.4. The first-order chi connectivity index (χ1) is 7.77. The molecule has 0 bridgehead atoms. The van der Waals surface area contributed by atoms with Gasteiger partial charge < -0.3 is 4.90 Å². The Bertz CT molecular complexity index is 304. The third-order valence-corrected chi connectivity index (χ3v) is 3.67. The summed E-state index contributed by atoms with van der Waals surface area (Å²) in [5, 5.41) is 0. The largest absolute Gasteiger partial charge is 0.309 e. The lowest BCUT2D eigenvalue weighted by atomic mass is 9.75. The van der Waals surface area contributed by atoms with Crippen LogP contribution in [0, 0.1) is 12.0 Å². The molecule has 1 fully saturated rings. The van der Waals surface area contributed by atoms with Crippen LogP contribution in [0.3, 0.4) is 0 Å². The van der Waals surface area contributed by atoms with Gasteiger partial charge in [-0.15, -0.1) is 0 Å². The second-order valence-corrected chi connectivity index (χ2v) is 5.25. The van der Waals surface area contributed by atoms with Gasteiger partial charge in [0.1, 0.15) is 0 Å². The van der Waals surface area contributed by atoms with Gasteiger partial charge in [0.25, 0.3) is 0 Å². The Balaban J connectivity index is 2.10. The number of hydrogen-bond acceptors (Lipinski definition) is 1. The van der Waals surface area contributed by atoms with Gasteiger partial charge in [0, 0.05) is 6.54 Å². The highest BCUT2D eigenvalue weighted by Crippen LogP contribution is 2.37. The van der Waals surface area contributed by atoms with E-state index >= 15 is 0 Å². The minimum absolute atomic E-state index is 0.758. The lowest BCUT2D eigenvalue weighted by Crippen LogP contribution is -2.28. The zero-order chi connectivity index (χ0) is 11.4. The number of benzene rings is 1. The van der Waals surface area contributed by atoms with Gasteiger partial charge in [0.05, 0.1) is 0 Å². The van der Waals surface area contributed by atoms with E-state index in [1.54, 1.807) is 0 Å². The normalized spacial score (nSPS) is 25.9. The molecule has 2 rings (SSSR count). The molecule has 87 valence electrons. The number of hydrogen-bond donors (Lipinski definition) is 0. The fourth-order valence-electron chi connectivity index (χ4n) is 2.97. The van der Waals surface area contributed by atoms with Crippen molar-refractivity contribution >= 4 is 0 Å². The average Bonchev–Trinajstić information content (AvgIpc) is 2.30. The van der Waals surface area contributed by atoms with Crippen LogP contribution in [0.5, 0.6) is 0 Å². The summed E-state index contributed by atoms with van der Waals surface area (Å²) in [6, 6.07) is 11.8. The molecule has 0 amide bonds. The van der Waals surface area contributed by atoms with Crippen molar-refractivity contribution < 1.29 is 0 Å². The van der Waals surface area contributed by atoms with Crippen LogP contribution in [0.4, 0.5) is 0 Å². The van der Waals surface area contributed by atoms with Gasteiger partial charge in [-0.1, -0.05) is 37.1 Å². The maximum Gasteiger partial charge on any atom is 0.000941 e. The van der Waals surface area contributed by atoms with E-state index in [1.165, 1.54) is 37.8 Å². The first-order valence-corrected chi connectivity index (χ1v) is 6.38. The van der Waals surface area contributed by atoms with Crippen molar-refractivity contribution in [1.82, 2.24) is 4.90 Å². The molecule has 0 spiro atoms. The SMILES string of the molecule is CN(C)CC1CCCCC1c1c[c]ccc1. The summed E-state index contributed by atoms with van der Waals surface area (Å²) >= 11 is 0. The maximum absolute atomic E-state index is 3.22. The Labute approximate surface area is 99.5 Å². The summed E-state index contributed by atoms with van der Waals surface area (Å²) in [6.07, 6.45) is 5.54. The van der Waals surface area contributed by atoms with Gasteiger partial charge in [0.2, 0.25) is 0 Å². The van der Waals surface area contributed by atoms with E-state index < -0.39 is 0 Å². The van der Waals surface area contributed by atoms with Gasteiger partial charge in [-0.05, 0) is 50.4 Å². The molecule has 2 atom stereocenters. The lowest BCUT2D eigenvalue weighted by Gasteiger charge is -2.33. The Morgan fingerprint density at radius 1 is 1.31 bits per heavy atom. The summed E-state index contributed by atoms with van der Waals surface area (Å²) in [6.45, 7) is 1.22. The summed E-state index contributed by atoms with van der Waals surface area (Å²) in [7, 11) is 4.37. The van der Waals surface area contributed by atoms with Crippen molar-refractivity contribution in [2.75, 3.05) is 20.6 Å². The van der Waals surface area contributed by atoms with Gasteiger partial charge in [-0.3, -0.25) is 0 Å². The standard InChI is InChI=1S/C15H22N/c1-16(2)12-14-10-6-7-11-15(14)13-8-4-3-5-9-13/h3-4,8-9,14-15H,6-7,10-12H2,1-2H3. The van der Waals surface area contributed by atoms with Gasteiger partial charge in [-0.2, -0.15) is 0 Å². The third-order valence-electron chi connectivity index (χ3n) is 3.67. The molecule has 1 aromatic rings. The van der Waals surface area contributed by atoms with Crippen molar-refractivity contribution in [2.45, 2.75) is 31.6 Å². The molecular weight excluding hydrogens is 194 g/mol. The minimum atomic E-state index is 0.758. The van der Waals surface area contributed by atoms with Crippen LogP contribution in [0.25, 0.3) is 0 Å². The Morgan fingerprint density at radius 2 is 2.12 bits per heavy atom. The summed E-state index contributed by atoms with van der Waals surface area (Å²) in [5.41, 5.74) is 1.49. The fourth-order valence-corrected chi connectivity index (χ4v) is 2.97. The molecule has 1 saturated carbocycles. The molecule has 1 aliphatic rings. The molecule has 1 nitrogen and oxygen atoms in total. The Kier molecular flexibility index (Phi) is 4.00. The Hall–Kier alpha value is -0.820. The second-order valence-electron chi connectivity index (χ2n) is 5.25. The van der Waals surface area contributed by atoms with Crippen LogP contribution in [0.1, 0.15) is 37.2 Å². The van der Waals surface area contributed by atoms with E-state index in [4.69, 9.17) is 0 Å². The molecule has 1 radical (unpaired) electrons. The van der Waals surface area contributed by atoms with E-state index in [0.29, 0.717) is 0 Å². The van der Waals surface area contributed by atoms with E-state index in [9.17, 15) is 0 Å². The quantitative estimate of drug-likeness (QED) is 0.749. The van der Waals surface area contributed by atoms with Gasteiger partial charge in [-0.25, -0.2) is 0 Å². The van der Waals surface area contributed by atoms with Gasteiger partial charge in [0.15, 0.2) is 0 Å². The predicted octanol–water partition coefficient (Wildman–Crippen LogP) is 3.32. The first kappa shape index (κ1) is 11.7. The van der Waals surface area contributed by atoms with Crippen LogP contribution >= 0.6 is 0 Å². The van der Waals surface area contributed by atoms with E-state index in [0.717, 1.165) is 11.8 Å². The molecule has 2 unspecified atom stereocenters. The molecule has 1 heteroatoms. The Morgan fingerprint density at radius 3 is 2.81 bits per heavy atom. The molecule has 0 heterocycles. The van der Waals surface area contributed by atoms with Crippen LogP contribution in [-0.2, 0) is 0 Å². The van der Waals surface area contributed by atoms with Crippen molar-refractivity contribution in [3.8, 4) is 0 Å². The molecule has 0 N–H and O–H groups in total. The third kappa shape index (κ3) is 2.85. The molecule has 0 aliphatic heterocycles. The number of rotatable bonds is 3. The van der Waals surface area contributed by atoms with Crippen molar-refractivity contribution in [2.24, 2.45) is 5.92 Å². The number of nitrogens with zero attached hydrogens (tertiary/aromatic N) is 1. The summed E-state index contributed by atoms with van der Waals surface area (Å²) in [5.74, 6) is 1.59. The monoisotopic (exact) mass is 216 g/mol. The van der Waals surface area contributed by atoms with Gasteiger partial charge >= 0.3 is 0 Å². The van der Waals surface area contributed by atoms with Crippen molar-refractivity contribution in [3.63, 3.8) is 0 Å². The van der Waals surface area contributed by atoms with Crippen molar-refractivity contribution in [3.05, 3.63) is 35.9 Å². The first-order valence-electron chi connectivity index (χ1n) is 6.38. The zero-order valence-electron chi connectivity index (χ0n) is 10.4. The van der Waals surface area contributed by atoms with Crippen molar-refractivity contribution in [1.29, 1.82) is 0 Å². The molecule has 1 aliphatic carbocycles. The van der Waals surface area contributed by atoms with E-state index in [1.807, 2.05) is 6.07 Å². The van der Waals surface area contributed by atoms with Crippen LogP contribution < -0.4 is 0 Å². The highest BCUT2D eigenvalue weighted by molar-refractivity contribution is 5.20. The summed E-state index contributed by atoms with van der Waals surface area (Å²) in [4.78, 5) is 2.33. The molecule has 0 aromatic heterocycles. The molecule has 1 aromatic carbocycles. The minimum Gasteiger partial charge on any atom is -0.309 e. The molecular formula is C15H22N. The highest BCUT2D eigenvalue weighted by atomic mass is 15.1. The van der Waals surface area contributed by atoms with E-state index in [2.05, 4.69) is 43.3 Å². The fraction of sp³-hybridized carbons (Fsp3) is 0.600. The van der Waals surface area contributed by atoms with E-state index in [-0.39, 0.29) is 0 Å². The smallest absolute Gasteiger partial charge is 0.000941 e. The van der Waals surface area contributed by atoms with Crippen LogP contribution in [0.15, 0.2) is 24.3 Å².